The van der Waals surface area contributed by atoms with Crippen LogP contribution < -0.4 is 15.5 Å². The lowest BCUT2D eigenvalue weighted by molar-refractivity contribution is -0.129. The number of para-hydroxylation sites is 1. The molecule has 1 aliphatic heterocycles. The molecule has 0 unspecified atom stereocenters. The predicted octanol–water partition coefficient (Wildman–Crippen LogP) is 2.15. The molecule has 0 saturated carbocycles. The number of nitrogens with one attached hydrogen (secondary N) is 2. The summed E-state index contributed by atoms with van der Waals surface area (Å²) < 4.78 is 0. The minimum Gasteiger partial charge on any atom is -0.368 e. The van der Waals surface area contributed by atoms with Gasteiger partial charge >= 0.3 is 0 Å². The van der Waals surface area contributed by atoms with E-state index in [4.69, 9.17) is 0 Å². The van der Waals surface area contributed by atoms with Gasteiger partial charge in [0.05, 0.1) is 6.54 Å². The number of anilines is 1. The standard InChI is InChI=1S/C20H27N5OS/c1-2-21-20(22-15-18-9-6-14-27-18)23-16-19(26)25-12-10-24(11-13-25)17-7-4-3-5-8-17/h3-9,14H,2,10-13,15-16H2,1H3,(H2,21,22,23). The first-order chi connectivity index (χ1) is 13.3. The number of aliphatic imine (C=N–C) groups is 1. The number of hydrogen-bond acceptors (Lipinski definition) is 4. The highest BCUT2D eigenvalue weighted by molar-refractivity contribution is 7.09. The van der Waals surface area contributed by atoms with E-state index in [9.17, 15) is 4.79 Å². The van der Waals surface area contributed by atoms with Crippen molar-refractivity contribution < 1.29 is 4.79 Å². The minimum atomic E-state index is 0.0797. The molecule has 1 fully saturated rings. The Morgan fingerprint density at radius 1 is 1.07 bits per heavy atom. The van der Waals surface area contributed by atoms with E-state index < -0.39 is 0 Å². The molecule has 0 spiro atoms. The van der Waals surface area contributed by atoms with Crippen molar-refractivity contribution >= 4 is 28.9 Å². The molecule has 144 valence electrons. The first kappa shape index (κ1) is 19.2. The molecule has 1 amide bonds. The molecule has 1 saturated heterocycles. The number of amides is 1. The Morgan fingerprint density at radius 2 is 1.85 bits per heavy atom. The molecule has 1 aliphatic rings. The van der Waals surface area contributed by atoms with Crippen molar-refractivity contribution in [2.75, 3.05) is 44.2 Å². The largest absolute Gasteiger partial charge is 0.368 e. The van der Waals surface area contributed by atoms with Crippen molar-refractivity contribution in [1.29, 1.82) is 0 Å². The van der Waals surface area contributed by atoms with Gasteiger partial charge in [-0.05, 0) is 30.5 Å². The SMILES string of the molecule is CCNC(=NCC(=O)N1CCN(c2ccccc2)CC1)NCc1cccs1. The van der Waals surface area contributed by atoms with E-state index in [0.717, 1.165) is 32.7 Å². The molecular formula is C20H27N5OS. The van der Waals surface area contributed by atoms with Crippen LogP contribution in [-0.4, -0.2) is 56.0 Å². The fourth-order valence-electron chi connectivity index (χ4n) is 3.03. The summed E-state index contributed by atoms with van der Waals surface area (Å²) in [6.07, 6.45) is 0. The second-order valence-electron chi connectivity index (χ2n) is 6.33. The van der Waals surface area contributed by atoms with Gasteiger partial charge in [-0.15, -0.1) is 11.3 Å². The summed E-state index contributed by atoms with van der Waals surface area (Å²) in [5.41, 5.74) is 1.22. The van der Waals surface area contributed by atoms with Crippen LogP contribution in [0.2, 0.25) is 0 Å². The van der Waals surface area contributed by atoms with Gasteiger partial charge in [-0.3, -0.25) is 4.79 Å². The first-order valence-corrected chi connectivity index (χ1v) is 10.3. The van der Waals surface area contributed by atoms with E-state index in [0.29, 0.717) is 12.5 Å². The topological polar surface area (TPSA) is 60.0 Å². The van der Waals surface area contributed by atoms with Crippen LogP contribution in [0.5, 0.6) is 0 Å². The lowest BCUT2D eigenvalue weighted by atomic mass is 10.2. The molecule has 7 heteroatoms. The molecular weight excluding hydrogens is 358 g/mol. The van der Waals surface area contributed by atoms with Crippen molar-refractivity contribution in [2.24, 2.45) is 4.99 Å². The van der Waals surface area contributed by atoms with E-state index in [-0.39, 0.29) is 12.5 Å². The normalized spacial score (nSPS) is 14.9. The lowest BCUT2D eigenvalue weighted by Gasteiger charge is -2.36. The van der Waals surface area contributed by atoms with E-state index >= 15 is 0 Å². The summed E-state index contributed by atoms with van der Waals surface area (Å²) in [5.74, 6) is 0.762. The number of carbonyl (C=O) groups is 1. The Hall–Kier alpha value is -2.54. The molecule has 6 nitrogen and oxygen atoms in total. The number of piperazine rings is 1. The van der Waals surface area contributed by atoms with Crippen molar-refractivity contribution in [3.63, 3.8) is 0 Å². The van der Waals surface area contributed by atoms with Crippen molar-refractivity contribution in [1.82, 2.24) is 15.5 Å². The van der Waals surface area contributed by atoms with Gasteiger partial charge in [-0.1, -0.05) is 24.3 Å². The second kappa shape index (κ2) is 9.97. The molecule has 0 bridgehead atoms. The van der Waals surface area contributed by atoms with E-state index in [1.807, 2.05) is 36.1 Å². The van der Waals surface area contributed by atoms with Crippen LogP contribution >= 0.6 is 11.3 Å². The Kier molecular flexibility index (Phi) is 7.10. The average Bonchev–Trinajstić information content (AvgIpc) is 3.24. The third-order valence-corrected chi connectivity index (χ3v) is 5.36. The zero-order valence-corrected chi connectivity index (χ0v) is 16.5. The zero-order chi connectivity index (χ0) is 18.9. The smallest absolute Gasteiger partial charge is 0.244 e. The van der Waals surface area contributed by atoms with Crippen LogP contribution in [0.25, 0.3) is 0 Å². The number of nitrogens with zero attached hydrogens (tertiary/aromatic N) is 3. The molecule has 0 aliphatic carbocycles. The zero-order valence-electron chi connectivity index (χ0n) is 15.7. The maximum absolute atomic E-state index is 12.5. The van der Waals surface area contributed by atoms with Gasteiger partial charge in [-0.2, -0.15) is 0 Å². The minimum absolute atomic E-state index is 0.0797. The van der Waals surface area contributed by atoms with Crippen LogP contribution in [0.4, 0.5) is 5.69 Å². The number of benzene rings is 1. The van der Waals surface area contributed by atoms with Crippen LogP contribution in [0.3, 0.4) is 0 Å². The highest BCUT2D eigenvalue weighted by Gasteiger charge is 2.20. The average molecular weight is 386 g/mol. The van der Waals surface area contributed by atoms with Crippen LogP contribution in [0, 0.1) is 0 Å². The van der Waals surface area contributed by atoms with Crippen LogP contribution in [0.15, 0.2) is 52.8 Å². The van der Waals surface area contributed by atoms with Gasteiger partial charge in [0.25, 0.3) is 0 Å². The van der Waals surface area contributed by atoms with Gasteiger partial charge in [-0.25, -0.2) is 4.99 Å². The number of thiophene rings is 1. The summed E-state index contributed by atoms with van der Waals surface area (Å²) in [5, 5.41) is 8.53. The van der Waals surface area contributed by atoms with Gasteiger partial charge in [0.1, 0.15) is 6.54 Å². The summed E-state index contributed by atoms with van der Waals surface area (Å²) in [6.45, 7) is 6.86. The first-order valence-electron chi connectivity index (χ1n) is 9.38. The molecule has 0 atom stereocenters. The van der Waals surface area contributed by atoms with Crippen molar-refractivity contribution in [3.05, 3.63) is 52.7 Å². The molecule has 1 aromatic carbocycles. The Balaban J connectivity index is 1.47. The van der Waals surface area contributed by atoms with E-state index in [2.05, 4.69) is 44.1 Å². The quantitative estimate of drug-likeness (QED) is 0.591. The molecule has 0 radical (unpaired) electrons. The number of rotatable bonds is 6. The monoisotopic (exact) mass is 385 g/mol. The number of guanidine groups is 1. The third kappa shape index (κ3) is 5.72. The second-order valence-corrected chi connectivity index (χ2v) is 7.36. The van der Waals surface area contributed by atoms with Crippen LogP contribution in [0.1, 0.15) is 11.8 Å². The maximum atomic E-state index is 12.5. The van der Waals surface area contributed by atoms with Crippen LogP contribution in [-0.2, 0) is 11.3 Å². The molecule has 3 rings (SSSR count). The molecule has 27 heavy (non-hydrogen) atoms. The summed E-state index contributed by atoms with van der Waals surface area (Å²) in [7, 11) is 0. The fourth-order valence-corrected chi connectivity index (χ4v) is 3.67. The third-order valence-electron chi connectivity index (χ3n) is 4.48. The lowest BCUT2D eigenvalue weighted by Crippen LogP contribution is -2.49. The molecule has 1 aromatic heterocycles. The van der Waals surface area contributed by atoms with Crippen molar-refractivity contribution in [3.8, 4) is 0 Å². The highest BCUT2D eigenvalue weighted by atomic mass is 32.1. The Labute approximate surface area is 164 Å². The molecule has 2 N–H and O–H groups in total. The van der Waals surface area contributed by atoms with Gasteiger partial charge in [0, 0.05) is 43.3 Å². The predicted molar refractivity (Wildman–Crippen MR) is 112 cm³/mol. The summed E-state index contributed by atoms with van der Waals surface area (Å²) >= 11 is 1.70. The number of carbonyl (C=O) groups excluding carboxylic acids is 1. The Morgan fingerprint density at radius 3 is 2.52 bits per heavy atom. The van der Waals surface area contributed by atoms with E-state index in [1.54, 1.807) is 11.3 Å². The van der Waals surface area contributed by atoms with Crippen molar-refractivity contribution in [2.45, 2.75) is 13.5 Å². The van der Waals surface area contributed by atoms with Gasteiger partial charge in [0.2, 0.25) is 5.91 Å². The Bertz CT molecular complexity index is 724. The molecule has 2 aromatic rings. The van der Waals surface area contributed by atoms with Gasteiger partial charge in [0.15, 0.2) is 5.96 Å². The van der Waals surface area contributed by atoms with Gasteiger partial charge < -0.3 is 20.4 Å². The summed E-state index contributed by atoms with van der Waals surface area (Å²) in [4.78, 5) is 22.5. The summed E-state index contributed by atoms with van der Waals surface area (Å²) in [6, 6.07) is 14.5. The molecule has 2 heterocycles. The highest BCUT2D eigenvalue weighted by Crippen LogP contribution is 2.15. The fraction of sp³-hybridized carbons (Fsp3) is 0.400. The van der Waals surface area contributed by atoms with E-state index in [1.165, 1.54) is 10.6 Å². The number of hydrogen-bond donors (Lipinski definition) is 2. The maximum Gasteiger partial charge on any atom is 0.244 e.